The van der Waals surface area contributed by atoms with Crippen molar-refractivity contribution in [3.63, 3.8) is 0 Å². The zero-order valence-electron chi connectivity index (χ0n) is 15.8. The van der Waals surface area contributed by atoms with Crippen LogP contribution in [0.25, 0.3) is 0 Å². The average Bonchev–Trinajstić information content (AvgIpc) is 3.11. The van der Waals surface area contributed by atoms with Gasteiger partial charge in [-0.05, 0) is 50.9 Å². The Labute approximate surface area is 151 Å². The van der Waals surface area contributed by atoms with Crippen LogP contribution in [0, 0.1) is 5.92 Å². The molecule has 2 aliphatic heterocycles. The topological polar surface area (TPSA) is 36.0 Å². The summed E-state index contributed by atoms with van der Waals surface area (Å²) in [5.41, 5.74) is 1.90. The SMILES string of the molecule is CC(C)N1CC[C@@H](CN(C)C(=O)c2cccc(N3CCOCC3)c2)C1. The first-order valence-corrected chi connectivity index (χ1v) is 9.47. The molecule has 5 heteroatoms. The Morgan fingerprint density at radius 1 is 1.28 bits per heavy atom. The first-order chi connectivity index (χ1) is 12.0. The van der Waals surface area contributed by atoms with Gasteiger partial charge in [0.2, 0.25) is 0 Å². The number of morpholine rings is 1. The highest BCUT2D eigenvalue weighted by Gasteiger charge is 2.26. The van der Waals surface area contributed by atoms with Crippen LogP contribution in [-0.2, 0) is 4.74 Å². The lowest BCUT2D eigenvalue weighted by atomic mass is 10.1. The molecule has 1 aromatic carbocycles. The molecule has 2 aliphatic rings. The van der Waals surface area contributed by atoms with E-state index in [0.717, 1.165) is 57.2 Å². The molecule has 138 valence electrons. The number of benzene rings is 1. The fourth-order valence-electron chi connectivity index (χ4n) is 3.83. The molecule has 2 saturated heterocycles. The lowest BCUT2D eigenvalue weighted by Gasteiger charge is -2.29. The van der Waals surface area contributed by atoms with Gasteiger partial charge in [-0.1, -0.05) is 6.07 Å². The van der Waals surface area contributed by atoms with Crippen molar-refractivity contribution in [3.8, 4) is 0 Å². The van der Waals surface area contributed by atoms with Crippen molar-refractivity contribution in [3.05, 3.63) is 29.8 Å². The fourth-order valence-corrected chi connectivity index (χ4v) is 3.83. The summed E-state index contributed by atoms with van der Waals surface area (Å²) in [5, 5.41) is 0. The zero-order valence-corrected chi connectivity index (χ0v) is 15.8. The summed E-state index contributed by atoms with van der Waals surface area (Å²) in [6, 6.07) is 8.62. The van der Waals surface area contributed by atoms with E-state index in [0.29, 0.717) is 12.0 Å². The quantitative estimate of drug-likeness (QED) is 0.821. The number of ether oxygens (including phenoxy) is 1. The molecule has 2 fully saturated rings. The maximum atomic E-state index is 12.9. The Bertz CT molecular complexity index is 584. The molecule has 0 radical (unpaired) electrons. The summed E-state index contributed by atoms with van der Waals surface area (Å²) in [6.07, 6.45) is 1.18. The van der Waals surface area contributed by atoms with E-state index in [9.17, 15) is 4.79 Å². The number of carbonyl (C=O) groups excluding carboxylic acids is 1. The molecule has 25 heavy (non-hydrogen) atoms. The maximum Gasteiger partial charge on any atom is 0.253 e. The third-order valence-corrected chi connectivity index (χ3v) is 5.40. The van der Waals surface area contributed by atoms with E-state index in [2.05, 4.69) is 29.7 Å². The second-order valence-electron chi connectivity index (χ2n) is 7.58. The Kier molecular flexibility index (Phi) is 5.97. The van der Waals surface area contributed by atoms with Crippen molar-refractivity contribution >= 4 is 11.6 Å². The van der Waals surface area contributed by atoms with Crippen LogP contribution in [0.2, 0.25) is 0 Å². The van der Waals surface area contributed by atoms with Crippen LogP contribution >= 0.6 is 0 Å². The number of nitrogens with zero attached hydrogens (tertiary/aromatic N) is 3. The number of hydrogen-bond acceptors (Lipinski definition) is 4. The van der Waals surface area contributed by atoms with Crippen molar-refractivity contribution in [2.45, 2.75) is 26.3 Å². The van der Waals surface area contributed by atoms with Crippen LogP contribution in [-0.4, -0.2) is 74.7 Å². The van der Waals surface area contributed by atoms with Gasteiger partial charge in [-0.2, -0.15) is 0 Å². The van der Waals surface area contributed by atoms with Crippen LogP contribution in [0.3, 0.4) is 0 Å². The van der Waals surface area contributed by atoms with Crippen molar-refractivity contribution in [2.24, 2.45) is 5.92 Å². The first-order valence-electron chi connectivity index (χ1n) is 9.47. The van der Waals surface area contributed by atoms with Gasteiger partial charge in [0.25, 0.3) is 5.91 Å². The Balaban J connectivity index is 1.60. The predicted octanol–water partition coefficient (Wildman–Crippen LogP) is 2.33. The van der Waals surface area contributed by atoms with Gasteiger partial charge in [-0.3, -0.25) is 4.79 Å². The standard InChI is InChI=1S/C20H31N3O2/c1-16(2)23-8-7-17(15-23)14-21(3)20(24)18-5-4-6-19(13-18)22-9-11-25-12-10-22/h4-6,13,16-17H,7-12,14-15H2,1-3H3/t17-/m0/s1. The summed E-state index contributed by atoms with van der Waals surface area (Å²) in [6.45, 7) is 10.9. The lowest BCUT2D eigenvalue weighted by molar-refractivity contribution is 0.0772. The van der Waals surface area contributed by atoms with Crippen LogP contribution in [0.15, 0.2) is 24.3 Å². The van der Waals surface area contributed by atoms with E-state index in [4.69, 9.17) is 4.74 Å². The molecular weight excluding hydrogens is 314 g/mol. The van der Waals surface area contributed by atoms with Crippen molar-refractivity contribution < 1.29 is 9.53 Å². The predicted molar refractivity (Wildman–Crippen MR) is 101 cm³/mol. The third kappa shape index (κ3) is 4.53. The Morgan fingerprint density at radius 3 is 2.72 bits per heavy atom. The van der Waals surface area contributed by atoms with Gasteiger partial charge in [0.1, 0.15) is 0 Å². The molecule has 2 heterocycles. The van der Waals surface area contributed by atoms with Crippen LogP contribution in [0.1, 0.15) is 30.6 Å². The van der Waals surface area contributed by atoms with Crippen LogP contribution < -0.4 is 4.90 Å². The van der Waals surface area contributed by atoms with Crippen LogP contribution in [0.5, 0.6) is 0 Å². The number of anilines is 1. The number of hydrogen-bond donors (Lipinski definition) is 0. The fraction of sp³-hybridized carbons (Fsp3) is 0.650. The Hall–Kier alpha value is -1.59. The van der Waals surface area contributed by atoms with Gasteiger partial charge >= 0.3 is 0 Å². The average molecular weight is 345 g/mol. The molecule has 5 nitrogen and oxygen atoms in total. The summed E-state index contributed by atoms with van der Waals surface area (Å²) in [7, 11) is 1.93. The van der Waals surface area contributed by atoms with E-state index in [-0.39, 0.29) is 5.91 Å². The summed E-state index contributed by atoms with van der Waals surface area (Å²) in [5.74, 6) is 0.705. The highest BCUT2D eigenvalue weighted by Crippen LogP contribution is 2.21. The normalized spacial score (nSPS) is 21.8. The van der Waals surface area contributed by atoms with Crippen LogP contribution in [0.4, 0.5) is 5.69 Å². The monoisotopic (exact) mass is 345 g/mol. The smallest absolute Gasteiger partial charge is 0.253 e. The van der Waals surface area contributed by atoms with Gasteiger partial charge in [0.15, 0.2) is 0 Å². The minimum Gasteiger partial charge on any atom is -0.378 e. The molecular formula is C20H31N3O2. The first kappa shape index (κ1) is 18.2. The number of rotatable bonds is 5. The summed E-state index contributed by atoms with van der Waals surface area (Å²) >= 11 is 0. The second-order valence-corrected chi connectivity index (χ2v) is 7.58. The van der Waals surface area contributed by atoms with E-state index in [1.807, 2.05) is 30.1 Å². The molecule has 0 unspecified atom stereocenters. The molecule has 0 bridgehead atoms. The van der Waals surface area contributed by atoms with Crippen molar-refractivity contribution in [2.75, 3.05) is 57.9 Å². The summed E-state index contributed by atoms with van der Waals surface area (Å²) in [4.78, 5) is 19.5. The third-order valence-electron chi connectivity index (χ3n) is 5.40. The van der Waals surface area contributed by atoms with Gasteiger partial charge in [0.05, 0.1) is 13.2 Å². The highest BCUT2D eigenvalue weighted by molar-refractivity contribution is 5.95. The van der Waals surface area contributed by atoms with E-state index in [1.165, 1.54) is 6.42 Å². The molecule has 3 rings (SSSR count). The molecule has 0 aliphatic carbocycles. The van der Waals surface area contributed by atoms with Crippen molar-refractivity contribution in [1.29, 1.82) is 0 Å². The van der Waals surface area contributed by atoms with Gasteiger partial charge in [-0.25, -0.2) is 0 Å². The summed E-state index contributed by atoms with van der Waals surface area (Å²) < 4.78 is 5.42. The number of likely N-dealkylation sites (tertiary alicyclic amines) is 1. The van der Waals surface area contributed by atoms with E-state index >= 15 is 0 Å². The molecule has 1 atom stereocenters. The van der Waals surface area contributed by atoms with Gasteiger partial charge in [0, 0.05) is 50.5 Å². The van der Waals surface area contributed by atoms with E-state index < -0.39 is 0 Å². The minimum absolute atomic E-state index is 0.123. The number of carbonyl (C=O) groups is 1. The molecule has 0 aromatic heterocycles. The number of amides is 1. The maximum absolute atomic E-state index is 12.9. The van der Waals surface area contributed by atoms with E-state index in [1.54, 1.807) is 0 Å². The second kappa shape index (κ2) is 8.19. The Morgan fingerprint density at radius 2 is 2.04 bits per heavy atom. The highest BCUT2D eigenvalue weighted by atomic mass is 16.5. The molecule has 0 saturated carbocycles. The molecule has 1 amide bonds. The molecule has 0 N–H and O–H groups in total. The largest absolute Gasteiger partial charge is 0.378 e. The van der Waals surface area contributed by atoms with Crippen molar-refractivity contribution in [1.82, 2.24) is 9.80 Å². The lowest BCUT2D eigenvalue weighted by Crippen LogP contribution is -2.36. The van der Waals surface area contributed by atoms with Gasteiger partial charge in [-0.15, -0.1) is 0 Å². The zero-order chi connectivity index (χ0) is 17.8. The minimum atomic E-state index is 0.123. The van der Waals surface area contributed by atoms with Gasteiger partial charge < -0.3 is 19.4 Å². The molecule has 0 spiro atoms. The molecule has 1 aromatic rings.